The second-order valence-electron chi connectivity index (χ2n) is 3.88. The Hall–Kier alpha value is -2.10. The second kappa shape index (κ2) is 6.59. The number of halogens is 1. The van der Waals surface area contributed by atoms with Gasteiger partial charge in [-0.1, -0.05) is 6.08 Å². The average Bonchev–Trinajstić information content (AvgIpc) is 2.38. The van der Waals surface area contributed by atoms with Crippen LogP contribution in [0.4, 0.5) is 4.39 Å². The van der Waals surface area contributed by atoms with Crippen LogP contribution in [0.3, 0.4) is 0 Å². The van der Waals surface area contributed by atoms with E-state index in [2.05, 4.69) is 10.3 Å². The third-order valence-electron chi connectivity index (χ3n) is 2.48. The standard InChI is InChI=1S/C14H18FN3/c1-10(4-5-11(2)15)13(16)14(17-3)12-6-8-18-9-7-12/h4-9,17H,16H2,1-3H3/b10-4+,11-5+,14-13-. The smallest absolute Gasteiger partial charge is 0.0968 e. The summed E-state index contributed by atoms with van der Waals surface area (Å²) in [6.07, 6.45) is 6.44. The number of nitrogens with two attached hydrogens (primary N) is 1. The molecule has 3 N–H and O–H groups in total. The van der Waals surface area contributed by atoms with E-state index in [1.807, 2.05) is 19.1 Å². The Morgan fingerprint density at radius 2 is 1.89 bits per heavy atom. The van der Waals surface area contributed by atoms with Crippen molar-refractivity contribution in [3.8, 4) is 0 Å². The minimum absolute atomic E-state index is 0.253. The van der Waals surface area contributed by atoms with E-state index in [1.54, 1.807) is 25.5 Å². The maximum atomic E-state index is 12.7. The van der Waals surface area contributed by atoms with Crippen LogP contribution in [-0.2, 0) is 0 Å². The number of hydrogen-bond donors (Lipinski definition) is 2. The Kier molecular flexibility index (Phi) is 5.11. The molecule has 1 heterocycles. The summed E-state index contributed by atoms with van der Waals surface area (Å²) in [5.41, 5.74) is 9.20. The van der Waals surface area contributed by atoms with Crippen LogP contribution in [0, 0.1) is 0 Å². The van der Waals surface area contributed by atoms with Crippen molar-refractivity contribution in [1.29, 1.82) is 0 Å². The lowest BCUT2D eigenvalue weighted by atomic mass is 10.1. The molecule has 0 radical (unpaired) electrons. The van der Waals surface area contributed by atoms with Crippen LogP contribution in [0.5, 0.6) is 0 Å². The van der Waals surface area contributed by atoms with Gasteiger partial charge in [0.15, 0.2) is 0 Å². The van der Waals surface area contributed by atoms with E-state index < -0.39 is 0 Å². The van der Waals surface area contributed by atoms with Crippen molar-refractivity contribution in [2.24, 2.45) is 5.73 Å². The first-order valence-corrected chi connectivity index (χ1v) is 5.65. The first kappa shape index (κ1) is 14.0. The van der Waals surface area contributed by atoms with Gasteiger partial charge < -0.3 is 11.1 Å². The highest BCUT2D eigenvalue weighted by Gasteiger charge is 2.05. The van der Waals surface area contributed by atoms with Crippen molar-refractivity contribution in [3.63, 3.8) is 0 Å². The number of nitrogens with zero attached hydrogens (tertiary/aromatic N) is 1. The molecule has 0 spiro atoms. The molecule has 0 bridgehead atoms. The Morgan fingerprint density at radius 1 is 1.28 bits per heavy atom. The fourth-order valence-electron chi connectivity index (χ4n) is 1.48. The van der Waals surface area contributed by atoms with Crippen molar-refractivity contribution in [1.82, 2.24) is 10.3 Å². The van der Waals surface area contributed by atoms with Crippen molar-refractivity contribution >= 4 is 5.70 Å². The van der Waals surface area contributed by atoms with Crippen LogP contribution in [-0.4, -0.2) is 12.0 Å². The monoisotopic (exact) mass is 247 g/mol. The molecule has 0 aliphatic heterocycles. The molecule has 18 heavy (non-hydrogen) atoms. The molecule has 0 unspecified atom stereocenters. The lowest BCUT2D eigenvalue weighted by molar-refractivity contribution is 0.640. The molecule has 0 amide bonds. The van der Waals surface area contributed by atoms with Gasteiger partial charge in [0.1, 0.15) is 0 Å². The highest BCUT2D eigenvalue weighted by Crippen LogP contribution is 2.17. The van der Waals surface area contributed by atoms with Crippen LogP contribution in [0.2, 0.25) is 0 Å². The summed E-state index contributed by atoms with van der Waals surface area (Å²) in [6, 6.07) is 3.73. The zero-order valence-corrected chi connectivity index (χ0v) is 10.9. The minimum atomic E-state index is -0.253. The maximum Gasteiger partial charge on any atom is 0.0968 e. The minimum Gasteiger partial charge on any atom is -0.397 e. The molecule has 1 rings (SSSR count). The van der Waals surface area contributed by atoms with E-state index in [9.17, 15) is 4.39 Å². The third kappa shape index (κ3) is 3.73. The molecule has 0 saturated heterocycles. The summed E-state index contributed by atoms with van der Waals surface area (Å²) in [6.45, 7) is 3.23. The van der Waals surface area contributed by atoms with Crippen LogP contribution >= 0.6 is 0 Å². The summed E-state index contributed by atoms with van der Waals surface area (Å²) < 4.78 is 12.7. The van der Waals surface area contributed by atoms with Crippen molar-refractivity contribution in [2.75, 3.05) is 7.05 Å². The molecule has 1 aromatic heterocycles. The van der Waals surface area contributed by atoms with Gasteiger partial charge in [0.25, 0.3) is 0 Å². The van der Waals surface area contributed by atoms with Gasteiger partial charge in [0.05, 0.1) is 17.2 Å². The number of hydrogen-bond acceptors (Lipinski definition) is 3. The number of nitrogens with one attached hydrogen (secondary N) is 1. The van der Waals surface area contributed by atoms with Gasteiger partial charge in [-0.25, -0.2) is 4.39 Å². The largest absolute Gasteiger partial charge is 0.397 e. The number of allylic oxidation sites excluding steroid dienone is 4. The van der Waals surface area contributed by atoms with Gasteiger partial charge in [-0.15, -0.1) is 0 Å². The topological polar surface area (TPSA) is 50.9 Å². The SMILES string of the molecule is CN/C(=C(N)/C(C)=C/C=C(\C)F)c1ccncc1. The van der Waals surface area contributed by atoms with Crippen molar-refractivity contribution in [2.45, 2.75) is 13.8 Å². The molecule has 0 aromatic carbocycles. The van der Waals surface area contributed by atoms with Gasteiger partial charge in [-0.2, -0.15) is 0 Å². The fraction of sp³-hybridized carbons (Fsp3) is 0.214. The van der Waals surface area contributed by atoms with E-state index in [4.69, 9.17) is 5.73 Å². The Labute approximate surface area is 107 Å². The van der Waals surface area contributed by atoms with Crippen LogP contribution in [0.1, 0.15) is 19.4 Å². The maximum absolute atomic E-state index is 12.7. The quantitative estimate of drug-likeness (QED) is 0.804. The number of rotatable bonds is 4. The normalized spacial score (nSPS) is 14.2. The van der Waals surface area contributed by atoms with Gasteiger partial charge >= 0.3 is 0 Å². The molecule has 0 atom stereocenters. The Balaban J connectivity index is 3.16. The molecular weight excluding hydrogens is 229 g/mol. The average molecular weight is 247 g/mol. The molecule has 0 aliphatic rings. The summed E-state index contributed by atoms with van der Waals surface area (Å²) in [5.74, 6) is -0.253. The van der Waals surface area contributed by atoms with E-state index in [0.717, 1.165) is 16.8 Å². The molecule has 0 fully saturated rings. The zero-order chi connectivity index (χ0) is 13.5. The molecule has 1 aromatic rings. The van der Waals surface area contributed by atoms with E-state index >= 15 is 0 Å². The first-order valence-electron chi connectivity index (χ1n) is 5.65. The molecule has 96 valence electrons. The lowest BCUT2D eigenvalue weighted by Gasteiger charge is -2.12. The van der Waals surface area contributed by atoms with E-state index in [0.29, 0.717) is 5.70 Å². The van der Waals surface area contributed by atoms with Crippen LogP contribution in [0.15, 0.2) is 53.8 Å². The molecule has 0 aliphatic carbocycles. The summed E-state index contributed by atoms with van der Waals surface area (Å²) in [4.78, 5) is 3.96. The number of pyridine rings is 1. The first-order chi connectivity index (χ1) is 8.56. The van der Waals surface area contributed by atoms with Gasteiger partial charge in [0, 0.05) is 25.0 Å². The molecule has 0 saturated carbocycles. The summed E-state index contributed by atoms with van der Waals surface area (Å²) >= 11 is 0. The van der Waals surface area contributed by atoms with Crippen molar-refractivity contribution in [3.05, 3.63) is 59.3 Å². The van der Waals surface area contributed by atoms with Gasteiger partial charge in [0.2, 0.25) is 0 Å². The van der Waals surface area contributed by atoms with E-state index in [-0.39, 0.29) is 5.83 Å². The highest BCUT2D eigenvalue weighted by atomic mass is 19.1. The van der Waals surface area contributed by atoms with Crippen LogP contribution < -0.4 is 11.1 Å². The van der Waals surface area contributed by atoms with Crippen molar-refractivity contribution < 1.29 is 4.39 Å². The molecular formula is C14H18FN3. The van der Waals surface area contributed by atoms with Crippen LogP contribution in [0.25, 0.3) is 5.70 Å². The summed E-state index contributed by atoms with van der Waals surface area (Å²) in [7, 11) is 1.80. The van der Waals surface area contributed by atoms with Gasteiger partial charge in [-0.3, -0.25) is 4.98 Å². The Morgan fingerprint density at radius 3 is 2.39 bits per heavy atom. The van der Waals surface area contributed by atoms with Gasteiger partial charge in [-0.05, 0) is 37.6 Å². The predicted octanol–water partition coefficient (Wildman–Crippen LogP) is 2.75. The second-order valence-corrected chi connectivity index (χ2v) is 3.88. The number of aromatic nitrogens is 1. The summed E-state index contributed by atoms with van der Waals surface area (Å²) in [5, 5.41) is 3.06. The lowest BCUT2D eigenvalue weighted by Crippen LogP contribution is -2.14. The highest BCUT2D eigenvalue weighted by molar-refractivity contribution is 5.69. The molecule has 4 heteroatoms. The molecule has 3 nitrogen and oxygen atoms in total. The zero-order valence-electron chi connectivity index (χ0n) is 10.9. The Bertz CT molecular complexity index is 483. The van der Waals surface area contributed by atoms with E-state index in [1.165, 1.54) is 13.0 Å². The predicted molar refractivity (Wildman–Crippen MR) is 73.0 cm³/mol. The third-order valence-corrected chi connectivity index (χ3v) is 2.48. The fourth-order valence-corrected chi connectivity index (χ4v) is 1.48.